The fraction of sp³-hybridized carbons (Fsp3) is 0.667. The average Bonchev–Trinajstić information content (AvgIpc) is 2.63. The maximum Gasteiger partial charge on any atom is 0.239 e. The Morgan fingerprint density at radius 3 is 2.20 bits per heavy atom. The number of hydrogen-bond donors (Lipinski definition) is 2. The van der Waals surface area contributed by atoms with E-state index in [1.165, 1.54) is 44.9 Å². The molecule has 142 valence electrons. The van der Waals surface area contributed by atoms with E-state index in [9.17, 15) is 4.79 Å². The van der Waals surface area contributed by atoms with E-state index in [0.717, 1.165) is 37.4 Å². The van der Waals surface area contributed by atoms with Crippen molar-refractivity contribution in [1.82, 2.24) is 5.32 Å². The molecule has 0 aliphatic carbocycles. The molecular weight excluding hydrogens is 312 g/mol. The largest absolute Gasteiger partial charge is 0.494 e. The molecule has 4 nitrogen and oxygen atoms in total. The van der Waals surface area contributed by atoms with Crippen LogP contribution in [0.5, 0.6) is 5.75 Å². The first-order valence-electron chi connectivity index (χ1n) is 9.99. The SMILES string of the molecule is CCCCCCCNC(=O)CNc1ccc(OCCCCCC)cc1. The van der Waals surface area contributed by atoms with Crippen LogP contribution in [0.15, 0.2) is 24.3 Å². The summed E-state index contributed by atoms with van der Waals surface area (Å²) >= 11 is 0. The smallest absolute Gasteiger partial charge is 0.239 e. The number of amides is 1. The highest BCUT2D eigenvalue weighted by molar-refractivity contribution is 5.80. The predicted molar refractivity (Wildman–Crippen MR) is 106 cm³/mol. The van der Waals surface area contributed by atoms with E-state index in [0.29, 0.717) is 6.54 Å². The van der Waals surface area contributed by atoms with Crippen molar-refractivity contribution in [2.75, 3.05) is 25.0 Å². The number of carbonyl (C=O) groups excluding carboxylic acids is 1. The summed E-state index contributed by atoms with van der Waals surface area (Å²) < 4.78 is 5.72. The summed E-state index contributed by atoms with van der Waals surface area (Å²) in [5.41, 5.74) is 0.941. The quantitative estimate of drug-likeness (QED) is 0.431. The highest BCUT2D eigenvalue weighted by Gasteiger charge is 2.01. The first-order valence-corrected chi connectivity index (χ1v) is 9.99. The van der Waals surface area contributed by atoms with Gasteiger partial charge < -0.3 is 15.4 Å². The number of rotatable bonds is 15. The fourth-order valence-corrected chi connectivity index (χ4v) is 2.59. The van der Waals surface area contributed by atoms with Crippen LogP contribution in [0.1, 0.15) is 71.6 Å². The molecule has 0 spiro atoms. The summed E-state index contributed by atoms with van der Waals surface area (Å²) in [5.74, 6) is 0.935. The molecule has 0 heterocycles. The van der Waals surface area contributed by atoms with E-state index in [4.69, 9.17) is 4.74 Å². The van der Waals surface area contributed by atoms with Crippen molar-refractivity contribution in [3.05, 3.63) is 24.3 Å². The Labute approximate surface area is 153 Å². The lowest BCUT2D eigenvalue weighted by Crippen LogP contribution is -2.30. The molecule has 4 heteroatoms. The molecule has 1 amide bonds. The van der Waals surface area contributed by atoms with Crippen molar-refractivity contribution >= 4 is 11.6 Å². The number of benzene rings is 1. The predicted octanol–water partition coefficient (Wildman–Crippen LogP) is 5.14. The molecule has 1 aromatic rings. The van der Waals surface area contributed by atoms with Gasteiger partial charge in [-0.2, -0.15) is 0 Å². The maximum atomic E-state index is 11.8. The third kappa shape index (κ3) is 11.5. The summed E-state index contributed by atoms with van der Waals surface area (Å²) in [6, 6.07) is 7.82. The minimum Gasteiger partial charge on any atom is -0.494 e. The van der Waals surface area contributed by atoms with Crippen molar-refractivity contribution in [3.8, 4) is 5.75 Å². The van der Waals surface area contributed by atoms with Gasteiger partial charge in [0, 0.05) is 12.2 Å². The van der Waals surface area contributed by atoms with Gasteiger partial charge in [-0.15, -0.1) is 0 Å². The number of ether oxygens (including phenoxy) is 1. The Morgan fingerprint density at radius 1 is 0.880 bits per heavy atom. The zero-order chi connectivity index (χ0) is 18.2. The van der Waals surface area contributed by atoms with Gasteiger partial charge in [0.1, 0.15) is 5.75 Å². The van der Waals surface area contributed by atoms with E-state index in [2.05, 4.69) is 24.5 Å². The molecule has 1 rings (SSSR count). The molecule has 0 bridgehead atoms. The summed E-state index contributed by atoms with van der Waals surface area (Å²) in [6.45, 7) is 6.27. The lowest BCUT2D eigenvalue weighted by Gasteiger charge is -2.09. The van der Waals surface area contributed by atoms with Crippen LogP contribution >= 0.6 is 0 Å². The van der Waals surface area contributed by atoms with E-state index in [1.54, 1.807) is 0 Å². The Kier molecular flexibility index (Phi) is 12.5. The number of unbranched alkanes of at least 4 members (excludes halogenated alkanes) is 7. The Hall–Kier alpha value is -1.71. The van der Waals surface area contributed by atoms with E-state index < -0.39 is 0 Å². The van der Waals surface area contributed by atoms with E-state index >= 15 is 0 Å². The van der Waals surface area contributed by atoms with Gasteiger partial charge in [0.2, 0.25) is 5.91 Å². The normalized spacial score (nSPS) is 10.5. The van der Waals surface area contributed by atoms with Crippen LogP contribution in [0.2, 0.25) is 0 Å². The minimum atomic E-state index is 0.0479. The second-order valence-electron chi connectivity index (χ2n) is 6.55. The monoisotopic (exact) mass is 348 g/mol. The van der Waals surface area contributed by atoms with Gasteiger partial charge in [-0.25, -0.2) is 0 Å². The molecule has 0 aliphatic heterocycles. The van der Waals surface area contributed by atoms with Gasteiger partial charge in [0.05, 0.1) is 13.2 Å². The van der Waals surface area contributed by atoms with Crippen LogP contribution < -0.4 is 15.4 Å². The van der Waals surface area contributed by atoms with Crippen molar-refractivity contribution < 1.29 is 9.53 Å². The van der Waals surface area contributed by atoms with Crippen molar-refractivity contribution in [2.45, 2.75) is 71.6 Å². The lowest BCUT2D eigenvalue weighted by molar-refractivity contribution is -0.119. The van der Waals surface area contributed by atoms with Crippen molar-refractivity contribution in [3.63, 3.8) is 0 Å². The Bertz CT molecular complexity index is 446. The summed E-state index contributed by atoms with van der Waals surface area (Å²) in [5, 5.41) is 6.11. The standard InChI is InChI=1S/C21H36N2O2/c1-3-5-7-9-10-16-22-21(24)18-23-19-12-14-20(15-13-19)25-17-11-8-6-4-2/h12-15,23H,3-11,16-18H2,1-2H3,(H,22,24). The topological polar surface area (TPSA) is 50.4 Å². The lowest BCUT2D eigenvalue weighted by atomic mass is 10.1. The molecule has 25 heavy (non-hydrogen) atoms. The molecule has 0 aromatic heterocycles. The molecule has 0 aliphatic rings. The molecule has 1 aromatic carbocycles. The van der Waals surface area contributed by atoms with Crippen LogP contribution in [0.25, 0.3) is 0 Å². The number of carbonyl (C=O) groups is 1. The second-order valence-corrected chi connectivity index (χ2v) is 6.55. The minimum absolute atomic E-state index is 0.0479. The van der Waals surface area contributed by atoms with Gasteiger partial charge in [-0.3, -0.25) is 4.79 Å². The van der Waals surface area contributed by atoms with E-state index in [-0.39, 0.29) is 5.91 Å². The molecule has 0 saturated carbocycles. The average molecular weight is 349 g/mol. The van der Waals surface area contributed by atoms with Gasteiger partial charge in [-0.05, 0) is 37.1 Å². The Balaban J connectivity index is 2.11. The third-order valence-corrected chi connectivity index (χ3v) is 4.18. The zero-order valence-electron chi connectivity index (χ0n) is 16.1. The first kappa shape index (κ1) is 21.3. The van der Waals surface area contributed by atoms with Crippen LogP contribution in [0, 0.1) is 0 Å². The van der Waals surface area contributed by atoms with Crippen molar-refractivity contribution in [1.29, 1.82) is 0 Å². The summed E-state index contributed by atoms with van der Waals surface area (Å²) in [7, 11) is 0. The molecule has 0 unspecified atom stereocenters. The molecule has 0 atom stereocenters. The Morgan fingerprint density at radius 2 is 1.52 bits per heavy atom. The fourth-order valence-electron chi connectivity index (χ4n) is 2.59. The van der Waals surface area contributed by atoms with Crippen LogP contribution in [-0.4, -0.2) is 25.6 Å². The maximum absolute atomic E-state index is 11.8. The van der Waals surface area contributed by atoms with Gasteiger partial charge in [-0.1, -0.05) is 58.8 Å². The van der Waals surface area contributed by atoms with Crippen molar-refractivity contribution in [2.24, 2.45) is 0 Å². The number of nitrogens with one attached hydrogen (secondary N) is 2. The van der Waals surface area contributed by atoms with Gasteiger partial charge >= 0.3 is 0 Å². The molecule has 0 radical (unpaired) electrons. The third-order valence-electron chi connectivity index (χ3n) is 4.18. The van der Waals surface area contributed by atoms with Crippen LogP contribution in [-0.2, 0) is 4.79 Å². The summed E-state index contributed by atoms with van der Waals surface area (Å²) in [4.78, 5) is 11.8. The molecule has 0 fully saturated rings. The molecule has 2 N–H and O–H groups in total. The highest BCUT2D eigenvalue weighted by Crippen LogP contribution is 2.16. The first-order chi connectivity index (χ1) is 12.3. The van der Waals surface area contributed by atoms with Gasteiger partial charge in [0.25, 0.3) is 0 Å². The van der Waals surface area contributed by atoms with Crippen LogP contribution in [0.3, 0.4) is 0 Å². The zero-order valence-corrected chi connectivity index (χ0v) is 16.1. The molecular formula is C21H36N2O2. The second kappa shape index (κ2) is 14.6. The van der Waals surface area contributed by atoms with Gasteiger partial charge in [0.15, 0.2) is 0 Å². The van der Waals surface area contributed by atoms with Crippen LogP contribution in [0.4, 0.5) is 5.69 Å². The van der Waals surface area contributed by atoms with E-state index in [1.807, 2.05) is 24.3 Å². The number of hydrogen-bond acceptors (Lipinski definition) is 3. The highest BCUT2D eigenvalue weighted by atomic mass is 16.5. The summed E-state index contributed by atoms with van der Waals surface area (Å²) in [6.07, 6.45) is 10.9. The molecule has 0 saturated heterocycles. The number of anilines is 1.